The molecule has 0 amide bonds. The topological polar surface area (TPSA) is 42.4 Å². The van der Waals surface area contributed by atoms with E-state index >= 15 is 0 Å². The van der Waals surface area contributed by atoms with Crippen LogP contribution < -0.4 is 4.74 Å². The van der Waals surface area contributed by atoms with Crippen LogP contribution in [0.4, 0.5) is 0 Å². The van der Waals surface area contributed by atoms with Gasteiger partial charge in [0.15, 0.2) is 0 Å². The highest BCUT2D eigenvalue weighted by atomic mass is 35.5. The van der Waals surface area contributed by atoms with Gasteiger partial charge in [0, 0.05) is 18.0 Å². The number of methoxy groups -OCH3 is 1. The number of pyridine rings is 1. The Morgan fingerprint density at radius 2 is 2.11 bits per heavy atom. The molecule has 1 heterocycles. The van der Waals surface area contributed by atoms with Gasteiger partial charge in [0.25, 0.3) is 0 Å². The fourth-order valence-electron chi connectivity index (χ4n) is 1.79. The highest BCUT2D eigenvalue weighted by Gasteiger charge is 2.14. The molecule has 0 aliphatic rings. The quantitative estimate of drug-likeness (QED) is 0.925. The molecule has 18 heavy (non-hydrogen) atoms. The van der Waals surface area contributed by atoms with E-state index in [2.05, 4.69) is 4.98 Å². The fraction of sp³-hybridized carbons (Fsp3) is 0.214. The first-order valence-electron chi connectivity index (χ1n) is 5.55. The van der Waals surface area contributed by atoms with Crippen molar-refractivity contribution in [2.24, 2.45) is 0 Å². The molecule has 0 saturated heterocycles. The normalized spacial score (nSPS) is 12.2. The molecule has 1 unspecified atom stereocenters. The van der Waals surface area contributed by atoms with Crippen molar-refractivity contribution in [2.45, 2.75) is 13.0 Å². The molecule has 1 aromatic carbocycles. The molecule has 2 rings (SSSR count). The lowest BCUT2D eigenvalue weighted by Crippen LogP contribution is -2.03. The van der Waals surface area contributed by atoms with E-state index in [1.807, 2.05) is 13.0 Å². The Balaban J connectivity index is 2.40. The second kappa shape index (κ2) is 5.38. The fourth-order valence-corrected chi connectivity index (χ4v) is 1.98. The van der Waals surface area contributed by atoms with E-state index in [0.717, 1.165) is 16.7 Å². The Labute approximate surface area is 111 Å². The predicted octanol–water partition coefficient (Wildman–Crippen LogP) is 3.13. The number of aliphatic hydroxyl groups excluding tert-OH is 1. The van der Waals surface area contributed by atoms with E-state index in [1.54, 1.807) is 37.7 Å². The summed E-state index contributed by atoms with van der Waals surface area (Å²) in [4.78, 5) is 4.03. The van der Waals surface area contributed by atoms with Crippen molar-refractivity contribution in [1.29, 1.82) is 0 Å². The summed E-state index contributed by atoms with van der Waals surface area (Å²) in [5.74, 6) is 0.551. The van der Waals surface area contributed by atoms with Gasteiger partial charge in [-0.1, -0.05) is 17.7 Å². The van der Waals surface area contributed by atoms with Crippen LogP contribution in [0.25, 0.3) is 0 Å². The molecule has 0 aliphatic carbocycles. The van der Waals surface area contributed by atoms with Gasteiger partial charge in [-0.2, -0.15) is 0 Å². The Morgan fingerprint density at radius 1 is 1.33 bits per heavy atom. The number of aryl methyl sites for hydroxylation is 1. The molecule has 0 radical (unpaired) electrons. The van der Waals surface area contributed by atoms with Crippen LogP contribution in [0.2, 0.25) is 5.02 Å². The molecule has 1 aromatic heterocycles. The van der Waals surface area contributed by atoms with Gasteiger partial charge < -0.3 is 9.84 Å². The number of rotatable bonds is 3. The zero-order valence-corrected chi connectivity index (χ0v) is 11.0. The molecule has 94 valence electrons. The Hall–Kier alpha value is -1.58. The van der Waals surface area contributed by atoms with Crippen molar-refractivity contribution >= 4 is 11.6 Å². The van der Waals surface area contributed by atoms with E-state index in [-0.39, 0.29) is 0 Å². The number of ether oxygens (including phenoxy) is 1. The summed E-state index contributed by atoms with van der Waals surface area (Å²) in [7, 11) is 1.55. The molecule has 0 fully saturated rings. The molecule has 4 heteroatoms. The number of benzene rings is 1. The van der Waals surface area contributed by atoms with Gasteiger partial charge in [-0.3, -0.25) is 4.98 Å². The molecule has 1 N–H and O–H groups in total. The van der Waals surface area contributed by atoms with Crippen LogP contribution in [0.15, 0.2) is 36.7 Å². The minimum atomic E-state index is -0.732. The van der Waals surface area contributed by atoms with Gasteiger partial charge in [-0.25, -0.2) is 0 Å². The van der Waals surface area contributed by atoms with Crippen molar-refractivity contribution in [1.82, 2.24) is 4.98 Å². The van der Waals surface area contributed by atoms with Crippen LogP contribution in [0.1, 0.15) is 22.8 Å². The minimum absolute atomic E-state index is 0.524. The molecule has 0 bridgehead atoms. The average molecular weight is 264 g/mol. The zero-order chi connectivity index (χ0) is 13.1. The lowest BCUT2D eigenvalue weighted by atomic mass is 9.99. The predicted molar refractivity (Wildman–Crippen MR) is 71.0 cm³/mol. The number of hydrogen-bond donors (Lipinski definition) is 1. The number of nitrogens with zero attached hydrogens (tertiary/aromatic N) is 1. The standard InChI is InChI=1S/C14H14ClNO2/c1-9-5-6-16-8-11(9)14(17)10-3-4-12(15)13(7-10)18-2/h3-8,14,17H,1-2H3. The maximum atomic E-state index is 10.3. The Kier molecular flexibility index (Phi) is 3.84. The first-order valence-corrected chi connectivity index (χ1v) is 5.93. The second-order valence-corrected chi connectivity index (χ2v) is 4.44. The smallest absolute Gasteiger partial charge is 0.137 e. The van der Waals surface area contributed by atoms with E-state index < -0.39 is 6.10 Å². The minimum Gasteiger partial charge on any atom is -0.495 e. The van der Waals surface area contributed by atoms with Crippen LogP contribution in [-0.2, 0) is 0 Å². The average Bonchev–Trinajstić information content (AvgIpc) is 2.39. The number of halogens is 1. The first-order chi connectivity index (χ1) is 8.63. The third-order valence-corrected chi connectivity index (χ3v) is 3.18. The van der Waals surface area contributed by atoms with Crippen LogP contribution in [0, 0.1) is 6.92 Å². The van der Waals surface area contributed by atoms with Crippen molar-refractivity contribution in [2.75, 3.05) is 7.11 Å². The van der Waals surface area contributed by atoms with Gasteiger partial charge in [0.1, 0.15) is 11.9 Å². The monoisotopic (exact) mass is 263 g/mol. The Bertz CT molecular complexity index is 557. The largest absolute Gasteiger partial charge is 0.495 e. The molecular weight excluding hydrogens is 250 g/mol. The molecule has 1 atom stereocenters. The second-order valence-electron chi connectivity index (χ2n) is 4.03. The summed E-state index contributed by atoms with van der Waals surface area (Å²) in [6.07, 6.45) is 2.64. The van der Waals surface area contributed by atoms with Crippen LogP contribution >= 0.6 is 11.6 Å². The van der Waals surface area contributed by atoms with Gasteiger partial charge in [-0.15, -0.1) is 0 Å². The lowest BCUT2D eigenvalue weighted by Gasteiger charge is -2.14. The molecular formula is C14H14ClNO2. The summed E-state index contributed by atoms with van der Waals surface area (Å²) >= 11 is 5.96. The van der Waals surface area contributed by atoms with Crippen molar-refractivity contribution in [3.63, 3.8) is 0 Å². The summed E-state index contributed by atoms with van der Waals surface area (Å²) in [6, 6.07) is 7.09. The van der Waals surface area contributed by atoms with Gasteiger partial charge in [0.05, 0.1) is 12.1 Å². The lowest BCUT2D eigenvalue weighted by molar-refractivity contribution is 0.218. The summed E-state index contributed by atoms with van der Waals surface area (Å²) in [5, 5.41) is 10.9. The maximum Gasteiger partial charge on any atom is 0.137 e. The maximum absolute atomic E-state index is 10.3. The molecule has 0 aliphatic heterocycles. The third kappa shape index (κ3) is 2.47. The first kappa shape index (κ1) is 12.9. The van der Waals surface area contributed by atoms with E-state index in [4.69, 9.17) is 16.3 Å². The number of aromatic nitrogens is 1. The molecule has 0 spiro atoms. The van der Waals surface area contributed by atoms with Gasteiger partial charge in [-0.05, 0) is 36.2 Å². The summed E-state index contributed by atoms with van der Waals surface area (Å²) in [6.45, 7) is 1.94. The highest BCUT2D eigenvalue weighted by Crippen LogP contribution is 2.31. The SMILES string of the molecule is COc1cc(C(O)c2cnccc2C)ccc1Cl. The molecule has 3 nitrogen and oxygen atoms in total. The van der Waals surface area contributed by atoms with E-state index in [9.17, 15) is 5.11 Å². The van der Waals surface area contributed by atoms with E-state index in [1.165, 1.54) is 0 Å². The molecule has 0 saturated carbocycles. The molecule has 2 aromatic rings. The van der Waals surface area contributed by atoms with Crippen LogP contribution in [-0.4, -0.2) is 17.2 Å². The number of hydrogen-bond acceptors (Lipinski definition) is 3. The highest BCUT2D eigenvalue weighted by molar-refractivity contribution is 6.32. The van der Waals surface area contributed by atoms with Crippen molar-refractivity contribution in [3.8, 4) is 5.75 Å². The van der Waals surface area contributed by atoms with Gasteiger partial charge >= 0.3 is 0 Å². The van der Waals surface area contributed by atoms with Crippen LogP contribution in [0.5, 0.6) is 5.75 Å². The van der Waals surface area contributed by atoms with Gasteiger partial charge in [0.2, 0.25) is 0 Å². The third-order valence-electron chi connectivity index (χ3n) is 2.87. The van der Waals surface area contributed by atoms with Crippen LogP contribution in [0.3, 0.4) is 0 Å². The summed E-state index contributed by atoms with van der Waals surface area (Å²) < 4.78 is 5.14. The summed E-state index contributed by atoms with van der Waals surface area (Å²) in [5.41, 5.74) is 2.50. The van der Waals surface area contributed by atoms with Crippen molar-refractivity contribution in [3.05, 3.63) is 58.4 Å². The van der Waals surface area contributed by atoms with Crippen molar-refractivity contribution < 1.29 is 9.84 Å². The van der Waals surface area contributed by atoms with E-state index in [0.29, 0.717) is 10.8 Å². The zero-order valence-electron chi connectivity index (χ0n) is 10.2. The Morgan fingerprint density at radius 3 is 2.78 bits per heavy atom. The number of aliphatic hydroxyl groups is 1.